The molecule has 0 aliphatic rings. The molecule has 1 aromatic rings. The third-order valence-corrected chi connectivity index (χ3v) is 2.53. The Balaban J connectivity index is 2.60. The summed E-state index contributed by atoms with van der Waals surface area (Å²) in [5.41, 5.74) is 1.72. The van der Waals surface area contributed by atoms with Gasteiger partial charge in [0.15, 0.2) is 0 Å². The summed E-state index contributed by atoms with van der Waals surface area (Å²) in [4.78, 5) is 22.6. The van der Waals surface area contributed by atoms with Gasteiger partial charge in [-0.1, -0.05) is 31.5 Å². The first-order chi connectivity index (χ1) is 8.40. The molecule has 5 heteroatoms. The lowest BCUT2D eigenvalue weighted by molar-refractivity contribution is -0.140. The van der Waals surface area contributed by atoms with Gasteiger partial charge < -0.3 is 15.7 Å². The first-order valence-electron chi connectivity index (χ1n) is 5.77. The highest BCUT2D eigenvalue weighted by molar-refractivity contribution is 5.92. The van der Waals surface area contributed by atoms with E-state index in [1.165, 1.54) is 0 Å². The van der Waals surface area contributed by atoms with Crippen molar-refractivity contribution in [3.63, 3.8) is 0 Å². The van der Waals surface area contributed by atoms with Crippen molar-refractivity contribution in [3.05, 3.63) is 29.8 Å². The minimum absolute atomic E-state index is 0.175. The van der Waals surface area contributed by atoms with Crippen LogP contribution < -0.4 is 10.6 Å². The van der Waals surface area contributed by atoms with E-state index in [9.17, 15) is 9.59 Å². The SMILES string of the molecule is Cc1ccc(NC(=O)N[C@H](C(=O)O)C(C)C)cc1. The summed E-state index contributed by atoms with van der Waals surface area (Å²) in [5.74, 6) is -1.21. The lowest BCUT2D eigenvalue weighted by Gasteiger charge is -2.18. The number of nitrogens with one attached hydrogen (secondary N) is 2. The Kier molecular flexibility index (Phi) is 4.71. The largest absolute Gasteiger partial charge is 0.480 e. The molecule has 0 spiro atoms. The van der Waals surface area contributed by atoms with Crippen molar-refractivity contribution in [2.75, 3.05) is 5.32 Å². The van der Waals surface area contributed by atoms with Crippen molar-refractivity contribution in [1.82, 2.24) is 5.32 Å². The molecule has 0 aliphatic heterocycles. The van der Waals surface area contributed by atoms with Crippen LogP contribution in [0.3, 0.4) is 0 Å². The van der Waals surface area contributed by atoms with Gasteiger partial charge in [0, 0.05) is 5.69 Å². The van der Waals surface area contributed by atoms with Gasteiger partial charge in [-0.05, 0) is 25.0 Å². The van der Waals surface area contributed by atoms with Crippen molar-refractivity contribution in [2.24, 2.45) is 5.92 Å². The second kappa shape index (κ2) is 6.05. The minimum Gasteiger partial charge on any atom is -0.480 e. The zero-order chi connectivity index (χ0) is 13.7. The van der Waals surface area contributed by atoms with E-state index >= 15 is 0 Å². The van der Waals surface area contributed by atoms with Gasteiger partial charge in [0.05, 0.1) is 0 Å². The molecule has 1 atom stereocenters. The number of carboxylic acids is 1. The maximum Gasteiger partial charge on any atom is 0.326 e. The van der Waals surface area contributed by atoms with Crippen LogP contribution in [0.1, 0.15) is 19.4 Å². The van der Waals surface area contributed by atoms with E-state index in [4.69, 9.17) is 5.11 Å². The average molecular weight is 250 g/mol. The van der Waals surface area contributed by atoms with Crippen LogP contribution in [0.15, 0.2) is 24.3 Å². The molecule has 0 aromatic heterocycles. The van der Waals surface area contributed by atoms with E-state index in [1.807, 2.05) is 19.1 Å². The molecular weight excluding hydrogens is 232 g/mol. The van der Waals surface area contributed by atoms with Crippen LogP contribution in [0.4, 0.5) is 10.5 Å². The topological polar surface area (TPSA) is 78.4 Å². The number of urea groups is 1. The number of amides is 2. The number of hydrogen-bond acceptors (Lipinski definition) is 2. The molecule has 3 N–H and O–H groups in total. The summed E-state index contributed by atoms with van der Waals surface area (Å²) < 4.78 is 0. The van der Waals surface area contributed by atoms with Crippen LogP contribution in [-0.2, 0) is 4.79 Å². The summed E-state index contributed by atoms with van der Waals surface area (Å²) >= 11 is 0. The second-order valence-electron chi connectivity index (χ2n) is 4.52. The molecule has 0 unspecified atom stereocenters. The molecule has 98 valence electrons. The molecule has 0 aliphatic carbocycles. The Hall–Kier alpha value is -2.04. The Morgan fingerprint density at radius 1 is 1.17 bits per heavy atom. The molecule has 0 bridgehead atoms. The summed E-state index contributed by atoms with van der Waals surface area (Å²) in [5, 5.41) is 14.0. The number of rotatable bonds is 4. The standard InChI is InChI=1S/C13H18N2O3/c1-8(2)11(12(16)17)15-13(18)14-10-6-4-9(3)5-7-10/h4-8,11H,1-3H3,(H,16,17)(H2,14,15,18)/t11-/m0/s1. The highest BCUT2D eigenvalue weighted by Crippen LogP contribution is 2.09. The van der Waals surface area contributed by atoms with Gasteiger partial charge >= 0.3 is 12.0 Å². The predicted octanol–water partition coefficient (Wildman–Crippen LogP) is 2.23. The summed E-state index contributed by atoms with van der Waals surface area (Å²) in [7, 11) is 0. The van der Waals surface area contributed by atoms with Crippen LogP contribution in [0.2, 0.25) is 0 Å². The number of hydrogen-bond donors (Lipinski definition) is 3. The van der Waals surface area contributed by atoms with Crippen molar-refractivity contribution in [3.8, 4) is 0 Å². The van der Waals surface area contributed by atoms with Crippen molar-refractivity contribution in [2.45, 2.75) is 26.8 Å². The Morgan fingerprint density at radius 2 is 1.72 bits per heavy atom. The summed E-state index contributed by atoms with van der Waals surface area (Å²) in [6.07, 6.45) is 0. The second-order valence-corrected chi connectivity index (χ2v) is 4.52. The average Bonchev–Trinajstić information content (AvgIpc) is 2.28. The third-order valence-electron chi connectivity index (χ3n) is 2.53. The van der Waals surface area contributed by atoms with E-state index in [0.717, 1.165) is 5.56 Å². The monoisotopic (exact) mass is 250 g/mol. The lowest BCUT2D eigenvalue weighted by Crippen LogP contribution is -2.46. The summed E-state index contributed by atoms with van der Waals surface area (Å²) in [6.45, 7) is 5.43. The van der Waals surface area contributed by atoms with E-state index < -0.39 is 18.0 Å². The van der Waals surface area contributed by atoms with Gasteiger partial charge in [0.1, 0.15) is 6.04 Å². The Morgan fingerprint density at radius 3 is 2.17 bits per heavy atom. The molecular formula is C13H18N2O3. The van der Waals surface area contributed by atoms with Gasteiger partial charge in [-0.25, -0.2) is 9.59 Å². The van der Waals surface area contributed by atoms with Gasteiger partial charge in [-0.2, -0.15) is 0 Å². The molecule has 0 fully saturated rings. The molecule has 2 amide bonds. The third kappa shape index (κ3) is 4.08. The van der Waals surface area contributed by atoms with Gasteiger partial charge in [-0.15, -0.1) is 0 Å². The first-order valence-corrected chi connectivity index (χ1v) is 5.77. The quantitative estimate of drug-likeness (QED) is 0.766. The van der Waals surface area contributed by atoms with Gasteiger partial charge in [0.25, 0.3) is 0 Å². The van der Waals surface area contributed by atoms with Gasteiger partial charge in [0.2, 0.25) is 0 Å². The highest BCUT2D eigenvalue weighted by Gasteiger charge is 2.23. The fourth-order valence-corrected chi connectivity index (χ4v) is 1.46. The molecule has 0 heterocycles. The van der Waals surface area contributed by atoms with Crippen LogP contribution in [-0.4, -0.2) is 23.1 Å². The van der Waals surface area contributed by atoms with Crippen molar-refractivity contribution >= 4 is 17.7 Å². The number of carbonyl (C=O) groups is 2. The number of benzene rings is 1. The normalized spacial score (nSPS) is 12.0. The van der Waals surface area contributed by atoms with Crippen molar-refractivity contribution in [1.29, 1.82) is 0 Å². The number of carbonyl (C=O) groups excluding carboxylic acids is 1. The molecule has 0 saturated carbocycles. The maximum absolute atomic E-state index is 11.6. The first kappa shape index (κ1) is 14.0. The van der Waals surface area contributed by atoms with Crippen LogP contribution in [0, 0.1) is 12.8 Å². The Bertz CT molecular complexity index is 426. The fraction of sp³-hybridized carbons (Fsp3) is 0.385. The fourth-order valence-electron chi connectivity index (χ4n) is 1.46. The smallest absolute Gasteiger partial charge is 0.326 e. The number of aliphatic carboxylic acids is 1. The zero-order valence-electron chi connectivity index (χ0n) is 10.7. The molecule has 5 nitrogen and oxygen atoms in total. The molecule has 18 heavy (non-hydrogen) atoms. The zero-order valence-corrected chi connectivity index (χ0v) is 10.7. The van der Waals surface area contributed by atoms with Crippen LogP contribution in [0.5, 0.6) is 0 Å². The number of aryl methyl sites for hydroxylation is 1. The van der Waals surface area contributed by atoms with Crippen LogP contribution in [0.25, 0.3) is 0 Å². The minimum atomic E-state index is -1.04. The molecule has 1 rings (SSSR count). The van der Waals surface area contributed by atoms with E-state index in [2.05, 4.69) is 10.6 Å². The highest BCUT2D eigenvalue weighted by atomic mass is 16.4. The van der Waals surface area contributed by atoms with Crippen molar-refractivity contribution < 1.29 is 14.7 Å². The number of anilines is 1. The summed E-state index contributed by atoms with van der Waals surface area (Å²) in [6, 6.07) is 5.86. The Labute approximate surface area is 106 Å². The van der Waals surface area contributed by atoms with Crippen LogP contribution >= 0.6 is 0 Å². The molecule has 1 aromatic carbocycles. The van der Waals surface area contributed by atoms with E-state index in [1.54, 1.807) is 26.0 Å². The van der Waals surface area contributed by atoms with E-state index in [-0.39, 0.29) is 5.92 Å². The predicted molar refractivity (Wildman–Crippen MR) is 69.6 cm³/mol. The van der Waals surface area contributed by atoms with E-state index in [0.29, 0.717) is 5.69 Å². The molecule has 0 radical (unpaired) electrons. The lowest BCUT2D eigenvalue weighted by atomic mass is 10.1. The number of carboxylic acid groups (broad SMARTS) is 1. The maximum atomic E-state index is 11.6. The van der Waals surface area contributed by atoms with Gasteiger partial charge in [-0.3, -0.25) is 0 Å². The molecule has 0 saturated heterocycles.